The van der Waals surface area contributed by atoms with Crippen LogP contribution in [0.5, 0.6) is 11.5 Å². The predicted molar refractivity (Wildman–Crippen MR) is 233 cm³/mol. The maximum absolute atomic E-state index is 15.3. The average Bonchev–Trinajstić information content (AvgIpc) is 3.75. The second-order valence-electron chi connectivity index (χ2n) is 18.3. The molecule has 1 amide bonds. The zero-order chi connectivity index (χ0) is 41.6. The van der Waals surface area contributed by atoms with Crippen molar-refractivity contribution in [2.24, 2.45) is 28.8 Å². The fourth-order valence-corrected chi connectivity index (χ4v) is 10.6. The number of nitrogens with zero attached hydrogens (tertiary/aromatic N) is 2. The molecule has 3 aromatic carbocycles. The van der Waals surface area contributed by atoms with Crippen molar-refractivity contribution in [3.63, 3.8) is 0 Å². The van der Waals surface area contributed by atoms with Crippen molar-refractivity contribution >= 4 is 22.4 Å². The molecule has 2 saturated carbocycles. The van der Waals surface area contributed by atoms with E-state index in [1.165, 1.54) is 12.8 Å². The van der Waals surface area contributed by atoms with E-state index in [0.717, 1.165) is 78.1 Å². The molecule has 1 heterocycles. The van der Waals surface area contributed by atoms with E-state index in [-0.39, 0.29) is 49.2 Å². The first-order chi connectivity index (χ1) is 28.6. The van der Waals surface area contributed by atoms with Crippen molar-refractivity contribution in [3.05, 3.63) is 96.1 Å². The molecule has 59 heavy (non-hydrogen) atoms. The van der Waals surface area contributed by atoms with Crippen LogP contribution in [-0.4, -0.2) is 69.1 Å². The van der Waals surface area contributed by atoms with E-state index in [4.69, 9.17) is 19.5 Å². The van der Waals surface area contributed by atoms with Gasteiger partial charge in [0.25, 0.3) is 0 Å². The number of fused-ring (bicyclic) bond motifs is 3. The van der Waals surface area contributed by atoms with E-state index < -0.39 is 23.3 Å². The summed E-state index contributed by atoms with van der Waals surface area (Å²) in [4.78, 5) is 23.6. The minimum absolute atomic E-state index is 0.0637. The summed E-state index contributed by atoms with van der Waals surface area (Å²) in [6.45, 7) is 10.8. The molecule has 3 aliphatic carbocycles. The minimum Gasteiger partial charge on any atom is -0.508 e. The van der Waals surface area contributed by atoms with Gasteiger partial charge < -0.3 is 34.5 Å². The summed E-state index contributed by atoms with van der Waals surface area (Å²) < 4.78 is 14.6. The summed E-state index contributed by atoms with van der Waals surface area (Å²) in [6, 6.07) is 19.4. The number of amides is 1. The van der Waals surface area contributed by atoms with E-state index in [1.807, 2.05) is 43.9 Å². The molecule has 3 aromatic rings. The molecule has 0 bridgehead atoms. The van der Waals surface area contributed by atoms with Crippen LogP contribution < -0.4 is 4.74 Å². The number of ether oxygens (including phenoxy) is 2. The summed E-state index contributed by atoms with van der Waals surface area (Å²) in [7, 11) is 0. The highest BCUT2D eigenvalue weighted by Crippen LogP contribution is 2.62. The Morgan fingerprint density at radius 3 is 2.47 bits per heavy atom. The molecule has 6 unspecified atom stereocenters. The van der Waals surface area contributed by atoms with Gasteiger partial charge in [0, 0.05) is 44.1 Å². The largest absolute Gasteiger partial charge is 0.508 e. The van der Waals surface area contributed by atoms with Crippen molar-refractivity contribution < 1.29 is 34.4 Å². The molecule has 9 heteroatoms. The second kappa shape index (κ2) is 19.0. The van der Waals surface area contributed by atoms with E-state index in [1.54, 1.807) is 12.1 Å². The normalized spacial score (nSPS) is 25.9. The van der Waals surface area contributed by atoms with Gasteiger partial charge in [-0.05, 0) is 111 Å². The number of carbonyl (C=O) groups is 1. The highest BCUT2D eigenvalue weighted by Gasteiger charge is 2.65. The Hall–Kier alpha value is -4.18. The molecule has 7 rings (SSSR count). The summed E-state index contributed by atoms with van der Waals surface area (Å²) >= 11 is 0. The highest BCUT2D eigenvalue weighted by molar-refractivity contribution is 6.03. The number of benzene rings is 3. The van der Waals surface area contributed by atoms with Crippen molar-refractivity contribution in [3.8, 4) is 11.5 Å². The van der Waals surface area contributed by atoms with Gasteiger partial charge in [-0.2, -0.15) is 0 Å². The van der Waals surface area contributed by atoms with E-state index in [2.05, 4.69) is 49.1 Å². The fraction of sp³-hybridized carbons (Fsp3) is 0.560. The Morgan fingerprint density at radius 2 is 1.73 bits per heavy atom. The number of rotatable bonds is 18. The zero-order valence-corrected chi connectivity index (χ0v) is 35.5. The van der Waals surface area contributed by atoms with Crippen molar-refractivity contribution in [2.75, 3.05) is 19.8 Å². The van der Waals surface area contributed by atoms with Crippen LogP contribution in [0.2, 0.25) is 0 Å². The molecule has 4 aliphatic rings. The van der Waals surface area contributed by atoms with Crippen LogP contribution in [0.25, 0.3) is 10.8 Å². The smallest absolute Gasteiger partial charge is 0.239 e. The van der Waals surface area contributed by atoms with Gasteiger partial charge in [-0.3, -0.25) is 4.79 Å². The van der Waals surface area contributed by atoms with Crippen LogP contribution in [0, 0.1) is 23.7 Å². The van der Waals surface area contributed by atoms with Gasteiger partial charge in [-0.15, -0.1) is 6.58 Å². The van der Waals surface area contributed by atoms with E-state index in [9.17, 15) is 15.3 Å². The van der Waals surface area contributed by atoms with Crippen molar-refractivity contribution in [1.29, 1.82) is 0 Å². The highest BCUT2D eigenvalue weighted by atomic mass is 16.7. The van der Waals surface area contributed by atoms with Gasteiger partial charge in [0.05, 0.1) is 18.2 Å². The maximum atomic E-state index is 15.3. The third-order valence-corrected chi connectivity index (χ3v) is 13.2. The molecule has 3 N–H and O–H groups in total. The number of aromatic hydroxyl groups is 1. The number of hydrogen-bond acceptors (Lipinski definition) is 8. The summed E-state index contributed by atoms with van der Waals surface area (Å²) in [5.41, 5.74) is 3.15. The monoisotopic (exact) mass is 806 g/mol. The lowest BCUT2D eigenvalue weighted by Crippen LogP contribution is -2.70. The van der Waals surface area contributed by atoms with Gasteiger partial charge >= 0.3 is 0 Å². The lowest BCUT2D eigenvalue weighted by atomic mass is 9.55. The number of aliphatic hydroxyl groups excluding tert-OH is 2. The number of carbonyl (C=O) groups excluding carboxylic acids is 1. The number of phenolic OH excluding ortho intramolecular Hbond substituents is 1. The van der Waals surface area contributed by atoms with E-state index >= 15 is 4.79 Å². The number of oxime groups is 1. The fourth-order valence-electron chi connectivity index (χ4n) is 10.6. The number of aliphatic hydroxyl groups is 2. The van der Waals surface area contributed by atoms with Crippen LogP contribution >= 0.6 is 0 Å². The molecular weight excluding hydrogens is 741 g/mol. The first-order valence-corrected chi connectivity index (χ1v) is 22.3. The Kier molecular flexibility index (Phi) is 13.8. The van der Waals surface area contributed by atoms with Crippen molar-refractivity contribution in [2.45, 2.75) is 134 Å². The second-order valence-corrected chi connectivity index (χ2v) is 18.3. The Morgan fingerprint density at radius 1 is 0.983 bits per heavy atom. The molecule has 9 nitrogen and oxygen atoms in total. The summed E-state index contributed by atoms with van der Waals surface area (Å²) in [5, 5.41) is 38.1. The van der Waals surface area contributed by atoms with Gasteiger partial charge in [-0.25, -0.2) is 0 Å². The molecule has 318 valence electrons. The lowest BCUT2D eigenvalue weighted by molar-refractivity contribution is -0.258. The number of phenols is 1. The molecular formula is C50H66N2O7. The lowest BCUT2D eigenvalue weighted by Gasteiger charge is -2.60. The minimum atomic E-state index is -1.35. The van der Waals surface area contributed by atoms with Gasteiger partial charge in [-0.1, -0.05) is 98.3 Å². The number of allylic oxidation sites excluding steroid dienone is 1. The summed E-state index contributed by atoms with van der Waals surface area (Å²) in [6.07, 6.45) is 15.2. The average molecular weight is 807 g/mol. The third-order valence-electron chi connectivity index (χ3n) is 13.2. The molecule has 0 aromatic heterocycles. The van der Waals surface area contributed by atoms with Gasteiger partial charge in [0.1, 0.15) is 23.1 Å². The molecule has 6 atom stereocenters. The van der Waals surface area contributed by atoms with Crippen LogP contribution in [0.15, 0.2) is 90.1 Å². The molecule has 2 fully saturated rings. The van der Waals surface area contributed by atoms with E-state index in [0.29, 0.717) is 43.9 Å². The Bertz CT molecular complexity index is 1970. The first-order valence-electron chi connectivity index (χ1n) is 22.3. The third kappa shape index (κ3) is 9.43. The first kappa shape index (κ1) is 42.9. The number of unbranched alkanes of at least 4 members (excludes halogenated alkanes) is 2. The molecule has 1 aliphatic heterocycles. The maximum Gasteiger partial charge on any atom is 0.239 e. The van der Waals surface area contributed by atoms with Crippen LogP contribution in [0.3, 0.4) is 0 Å². The standard InChI is InChI=1S/C50H66N2O7/c1-5-29-57-50-45(52(46(56)26-23-34-15-6-7-16-34)33-37-20-14-19-35-17-8-9-21-39(35)37)32-43(51-59-49(2,3)4)41-30-36(18-10-12-27-53)40(22-11-13-28-54)47(48(41)50)42-31-38(55)24-25-44(42)58-50/h5,8-9,14,17,19-21,24-25,30-31,34,36,40,45,47-48,53-55H,1,6-7,10-13,15-16,18,22-23,26-29,32-33H2,2-4H3. The summed E-state index contributed by atoms with van der Waals surface area (Å²) in [5.74, 6) is -0.383. The topological polar surface area (TPSA) is 121 Å². The zero-order valence-electron chi connectivity index (χ0n) is 35.5. The SMILES string of the molecule is C=CCOC12Oc3ccc(O)cc3C3C(CCCCO)C(CCCCO)C=C(C(=NOC(C)(C)C)CC1N(Cc1cccc4ccccc14)C(=O)CCC1CCCC1)C32. The molecule has 0 saturated heterocycles. The molecule has 0 spiro atoms. The quantitative estimate of drug-likeness (QED) is 0.0665. The van der Waals surface area contributed by atoms with Crippen LogP contribution in [0.4, 0.5) is 0 Å². The van der Waals surface area contributed by atoms with Crippen LogP contribution in [-0.2, 0) is 20.9 Å². The van der Waals surface area contributed by atoms with Crippen LogP contribution in [0.1, 0.15) is 121 Å². The van der Waals surface area contributed by atoms with Gasteiger partial charge in [0.15, 0.2) is 0 Å². The number of hydrogen-bond donors (Lipinski definition) is 3. The Labute approximate surface area is 351 Å². The molecule has 0 radical (unpaired) electrons. The van der Waals surface area contributed by atoms with Crippen molar-refractivity contribution in [1.82, 2.24) is 4.90 Å². The van der Waals surface area contributed by atoms with Gasteiger partial charge in [0.2, 0.25) is 11.7 Å². The predicted octanol–water partition coefficient (Wildman–Crippen LogP) is 9.98. The Balaban J connectivity index is 1.45.